The van der Waals surface area contributed by atoms with Gasteiger partial charge >= 0.3 is 0 Å². The maximum Gasteiger partial charge on any atom is 0.272 e. The van der Waals surface area contributed by atoms with E-state index in [2.05, 4.69) is 10.3 Å². The van der Waals surface area contributed by atoms with Crippen LogP contribution in [0.5, 0.6) is 0 Å². The van der Waals surface area contributed by atoms with Gasteiger partial charge in [-0.05, 0) is 67.8 Å². The second kappa shape index (κ2) is 5.30. The van der Waals surface area contributed by atoms with Gasteiger partial charge in [-0.2, -0.15) is 0 Å². The Labute approximate surface area is 128 Å². The minimum absolute atomic E-state index is 0.223. The molecule has 3 rings (SSSR count). The van der Waals surface area contributed by atoms with Gasteiger partial charge in [0.2, 0.25) is 0 Å². The fourth-order valence-electron chi connectivity index (χ4n) is 2.78. The Balaban J connectivity index is 1.96. The summed E-state index contributed by atoms with van der Waals surface area (Å²) in [6, 6.07) is 10.4. The van der Waals surface area contributed by atoms with E-state index in [1.165, 1.54) is 12.1 Å². The van der Waals surface area contributed by atoms with Gasteiger partial charge in [0.15, 0.2) is 0 Å². The molecule has 4 heteroatoms. The monoisotopic (exact) mass is 296 g/mol. The van der Waals surface area contributed by atoms with Crippen molar-refractivity contribution >= 4 is 22.5 Å². The lowest BCUT2D eigenvalue weighted by Crippen LogP contribution is -2.13. The fraction of sp³-hybridized carbons (Fsp3) is 0.167. The van der Waals surface area contributed by atoms with Crippen LogP contribution in [-0.2, 0) is 0 Å². The van der Waals surface area contributed by atoms with Crippen molar-refractivity contribution in [3.8, 4) is 0 Å². The summed E-state index contributed by atoms with van der Waals surface area (Å²) < 4.78 is 13.3. The summed E-state index contributed by atoms with van der Waals surface area (Å²) in [6.45, 7) is 5.83. The number of aromatic nitrogens is 1. The van der Waals surface area contributed by atoms with Crippen molar-refractivity contribution in [2.75, 3.05) is 5.32 Å². The largest absolute Gasteiger partial charge is 0.350 e. The molecule has 1 heterocycles. The third kappa shape index (κ3) is 2.60. The summed E-state index contributed by atoms with van der Waals surface area (Å²) in [4.78, 5) is 15.5. The number of benzene rings is 2. The normalized spacial score (nSPS) is 10.9. The number of fused-ring (bicyclic) bond motifs is 1. The Kier molecular flexibility index (Phi) is 3.45. The van der Waals surface area contributed by atoms with Crippen LogP contribution in [0.25, 0.3) is 10.9 Å². The maximum atomic E-state index is 13.3. The van der Waals surface area contributed by atoms with E-state index in [1.54, 1.807) is 6.07 Å². The van der Waals surface area contributed by atoms with E-state index in [-0.39, 0.29) is 11.7 Å². The van der Waals surface area contributed by atoms with Gasteiger partial charge in [0.05, 0.1) is 0 Å². The quantitative estimate of drug-likeness (QED) is 0.719. The van der Waals surface area contributed by atoms with Crippen LogP contribution in [0, 0.1) is 26.6 Å². The van der Waals surface area contributed by atoms with E-state index in [4.69, 9.17) is 0 Å². The molecule has 22 heavy (non-hydrogen) atoms. The van der Waals surface area contributed by atoms with Gasteiger partial charge < -0.3 is 10.3 Å². The van der Waals surface area contributed by atoms with Crippen LogP contribution in [0.3, 0.4) is 0 Å². The zero-order valence-corrected chi connectivity index (χ0v) is 12.8. The molecular weight excluding hydrogens is 279 g/mol. The number of aromatic amines is 1. The molecule has 112 valence electrons. The van der Waals surface area contributed by atoms with Crippen LogP contribution in [0.2, 0.25) is 0 Å². The van der Waals surface area contributed by atoms with Crippen molar-refractivity contribution in [2.24, 2.45) is 0 Å². The van der Waals surface area contributed by atoms with Gasteiger partial charge in [-0.1, -0.05) is 6.07 Å². The van der Waals surface area contributed by atoms with Crippen molar-refractivity contribution in [2.45, 2.75) is 20.8 Å². The second-order valence-electron chi connectivity index (χ2n) is 5.65. The zero-order valence-electron chi connectivity index (χ0n) is 12.8. The van der Waals surface area contributed by atoms with Crippen molar-refractivity contribution in [3.63, 3.8) is 0 Å². The van der Waals surface area contributed by atoms with Gasteiger partial charge in [0.1, 0.15) is 11.5 Å². The second-order valence-corrected chi connectivity index (χ2v) is 5.65. The Hall–Kier alpha value is -2.62. The Morgan fingerprint density at radius 2 is 1.73 bits per heavy atom. The number of rotatable bonds is 2. The van der Waals surface area contributed by atoms with Gasteiger partial charge in [-0.3, -0.25) is 4.79 Å². The average Bonchev–Trinajstić information content (AvgIpc) is 2.74. The van der Waals surface area contributed by atoms with E-state index in [0.717, 1.165) is 27.8 Å². The minimum atomic E-state index is -0.324. The Morgan fingerprint density at radius 1 is 1.05 bits per heavy atom. The highest BCUT2D eigenvalue weighted by atomic mass is 19.1. The summed E-state index contributed by atoms with van der Waals surface area (Å²) in [5.74, 6) is -0.547. The third-order valence-corrected chi connectivity index (χ3v) is 3.73. The summed E-state index contributed by atoms with van der Waals surface area (Å²) in [6.07, 6.45) is 0. The first-order chi connectivity index (χ1) is 10.4. The van der Waals surface area contributed by atoms with Crippen LogP contribution >= 0.6 is 0 Å². The van der Waals surface area contributed by atoms with E-state index >= 15 is 0 Å². The molecule has 0 bridgehead atoms. The Bertz CT molecular complexity index is 860. The van der Waals surface area contributed by atoms with E-state index in [9.17, 15) is 9.18 Å². The molecule has 1 aromatic heterocycles. The fourth-order valence-corrected chi connectivity index (χ4v) is 2.78. The molecule has 0 radical (unpaired) electrons. The molecule has 0 spiro atoms. The van der Waals surface area contributed by atoms with Gasteiger partial charge in [0.25, 0.3) is 5.91 Å². The van der Waals surface area contributed by atoms with Crippen LogP contribution in [0.1, 0.15) is 27.2 Å². The number of aryl methyl sites for hydroxylation is 3. The number of amides is 1. The number of carbonyl (C=O) groups is 1. The summed E-state index contributed by atoms with van der Waals surface area (Å²) in [7, 11) is 0. The smallest absolute Gasteiger partial charge is 0.272 e. The van der Waals surface area contributed by atoms with Gasteiger partial charge in [-0.15, -0.1) is 0 Å². The van der Waals surface area contributed by atoms with Crippen molar-refractivity contribution in [3.05, 3.63) is 64.6 Å². The standard InChI is InChI=1S/C18H17FN2O/c1-10-6-11(2)8-14(7-10)20-18(22)17-12(3)15-5-4-13(19)9-16(15)21-17/h4-9,21H,1-3H3,(H,20,22). The Morgan fingerprint density at radius 3 is 2.41 bits per heavy atom. The molecule has 0 saturated carbocycles. The number of H-pyrrole nitrogens is 1. The van der Waals surface area contributed by atoms with E-state index < -0.39 is 0 Å². The predicted octanol–water partition coefficient (Wildman–Crippen LogP) is 4.48. The summed E-state index contributed by atoms with van der Waals surface area (Å²) >= 11 is 0. The first-order valence-corrected chi connectivity index (χ1v) is 7.11. The van der Waals surface area contributed by atoms with E-state index in [1.807, 2.05) is 39.0 Å². The topological polar surface area (TPSA) is 44.9 Å². The first kappa shape index (κ1) is 14.3. The van der Waals surface area contributed by atoms with Crippen molar-refractivity contribution in [1.29, 1.82) is 0 Å². The SMILES string of the molecule is Cc1cc(C)cc(NC(=O)c2[nH]c3cc(F)ccc3c2C)c1. The number of hydrogen-bond acceptors (Lipinski definition) is 1. The van der Waals surface area contributed by atoms with Crippen molar-refractivity contribution < 1.29 is 9.18 Å². The highest BCUT2D eigenvalue weighted by molar-refractivity contribution is 6.07. The van der Waals surface area contributed by atoms with E-state index in [0.29, 0.717) is 11.2 Å². The lowest BCUT2D eigenvalue weighted by atomic mass is 10.1. The number of hydrogen-bond donors (Lipinski definition) is 2. The first-order valence-electron chi connectivity index (χ1n) is 7.11. The number of carbonyl (C=O) groups excluding carboxylic acids is 1. The highest BCUT2D eigenvalue weighted by Gasteiger charge is 2.15. The van der Waals surface area contributed by atoms with Crippen LogP contribution in [0.15, 0.2) is 36.4 Å². The summed E-state index contributed by atoms with van der Waals surface area (Å²) in [5.41, 5.74) is 4.84. The number of nitrogens with one attached hydrogen (secondary N) is 2. The lowest BCUT2D eigenvalue weighted by molar-refractivity contribution is 0.102. The maximum absolute atomic E-state index is 13.3. The zero-order chi connectivity index (χ0) is 15.9. The molecule has 0 unspecified atom stereocenters. The molecule has 0 aliphatic carbocycles. The molecule has 0 fully saturated rings. The minimum Gasteiger partial charge on any atom is -0.350 e. The molecule has 0 atom stereocenters. The van der Waals surface area contributed by atoms with Crippen molar-refractivity contribution in [1.82, 2.24) is 4.98 Å². The highest BCUT2D eigenvalue weighted by Crippen LogP contribution is 2.23. The molecular formula is C18H17FN2O. The predicted molar refractivity (Wildman–Crippen MR) is 86.9 cm³/mol. The molecule has 2 aromatic carbocycles. The van der Waals surface area contributed by atoms with Gasteiger partial charge in [-0.25, -0.2) is 4.39 Å². The van der Waals surface area contributed by atoms with Crippen LogP contribution < -0.4 is 5.32 Å². The molecule has 3 aromatic rings. The molecule has 0 saturated heterocycles. The lowest BCUT2D eigenvalue weighted by Gasteiger charge is -2.07. The molecule has 0 aliphatic heterocycles. The molecule has 2 N–H and O–H groups in total. The number of anilines is 1. The molecule has 3 nitrogen and oxygen atoms in total. The van der Waals surface area contributed by atoms with Crippen LogP contribution in [0.4, 0.5) is 10.1 Å². The average molecular weight is 296 g/mol. The molecule has 0 aliphatic rings. The van der Waals surface area contributed by atoms with Gasteiger partial charge in [0, 0.05) is 16.6 Å². The molecule has 1 amide bonds. The third-order valence-electron chi connectivity index (χ3n) is 3.73. The summed E-state index contributed by atoms with van der Waals surface area (Å²) in [5, 5.41) is 3.75. The van der Waals surface area contributed by atoms with Crippen LogP contribution in [-0.4, -0.2) is 10.9 Å². The number of halogens is 1.